The fourth-order valence-corrected chi connectivity index (χ4v) is 7.02. The highest BCUT2D eigenvalue weighted by molar-refractivity contribution is 5.91. The van der Waals surface area contributed by atoms with E-state index in [1.807, 2.05) is 6.07 Å². The lowest BCUT2D eigenvalue weighted by Gasteiger charge is -2.37. The molecule has 4 aliphatic rings. The topological polar surface area (TPSA) is 96.6 Å². The zero-order valence-corrected chi connectivity index (χ0v) is 22.5. The average Bonchev–Trinajstić information content (AvgIpc) is 3.51. The summed E-state index contributed by atoms with van der Waals surface area (Å²) in [5.74, 6) is 2.87. The van der Waals surface area contributed by atoms with Crippen molar-refractivity contribution >= 4 is 11.6 Å². The largest absolute Gasteiger partial charge is 0.476 e. The van der Waals surface area contributed by atoms with Gasteiger partial charge in [0.25, 0.3) is 0 Å². The van der Waals surface area contributed by atoms with Gasteiger partial charge in [0, 0.05) is 49.3 Å². The second kappa shape index (κ2) is 9.98. The van der Waals surface area contributed by atoms with Crippen LogP contribution in [0, 0.1) is 0 Å². The number of hydrogen-bond donors (Lipinski definition) is 1. The molecule has 3 fully saturated rings. The second-order valence-corrected chi connectivity index (χ2v) is 11.8. The highest BCUT2D eigenvalue weighted by Crippen LogP contribution is 2.47. The van der Waals surface area contributed by atoms with E-state index in [1.54, 1.807) is 0 Å². The number of ketones is 1. The Kier molecular flexibility index (Phi) is 6.69. The predicted molar refractivity (Wildman–Crippen MR) is 141 cm³/mol. The van der Waals surface area contributed by atoms with Crippen molar-refractivity contribution in [1.29, 1.82) is 0 Å². The van der Waals surface area contributed by atoms with Crippen molar-refractivity contribution < 1.29 is 14.1 Å². The molecule has 2 aromatic rings. The summed E-state index contributed by atoms with van der Waals surface area (Å²) in [5.41, 5.74) is 1.37. The molecule has 0 amide bonds. The van der Waals surface area contributed by atoms with E-state index in [9.17, 15) is 4.79 Å². The van der Waals surface area contributed by atoms with Crippen LogP contribution in [-0.2, 0) is 16.6 Å². The molecule has 1 saturated carbocycles. The molecule has 0 unspecified atom stereocenters. The third kappa shape index (κ3) is 4.65. The second-order valence-electron chi connectivity index (χ2n) is 11.8. The Hall–Kier alpha value is -2.52. The molecule has 0 bridgehead atoms. The smallest absolute Gasteiger partial charge is 0.219 e. The minimum absolute atomic E-state index is 0.322. The van der Waals surface area contributed by atoms with E-state index in [0.29, 0.717) is 54.4 Å². The number of nitrogens with zero attached hydrogens (tertiary/aromatic N) is 5. The van der Waals surface area contributed by atoms with Gasteiger partial charge >= 0.3 is 0 Å². The van der Waals surface area contributed by atoms with Crippen LogP contribution in [0.2, 0.25) is 0 Å². The van der Waals surface area contributed by atoms with E-state index >= 15 is 0 Å². The van der Waals surface area contributed by atoms with Gasteiger partial charge in [-0.15, -0.1) is 0 Å². The minimum Gasteiger partial charge on any atom is -0.476 e. The van der Waals surface area contributed by atoms with Crippen LogP contribution in [0.25, 0.3) is 11.6 Å². The summed E-state index contributed by atoms with van der Waals surface area (Å²) in [7, 11) is 2.16. The van der Waals surface area contributed by atoms with Gasteiger partial charge in [-0.1, -0.05) is 11.6 Å². The molecule has 0 aromatic carbocycles. The molecule has 9 heteroatoms. The van der Waals surface area contributed by atoms with Crippen molar-refractivity contribution in [3.05, 3.63) is 17.3 Å². The van der Waals surface area contributed by atoms with Crippen molar-refractivity contribution in [2.24, 2.45) is 0 Å². The van der Waals surface area contributed by atoms with Crippen LogP contribution in [0.15, 0.2) is 10.6 Å². The molecule has 4 atom stereocenters. The van der Waals surface area contributed by atoms with Crippen LogP contribution in [0.3, 0.4) is 0 Å². The number of carbonyl (C=O) groups is 1. The summed E-state index contributed by atoms with van der Waals surface area (Å²) < 4.78 is 12.3. The van der Waals surface area contributed by atoms with Crippen LogP contribution < -0.4 is 15.0 Å². The fourth-order valence-electron chi connectivity index (χ4n) is 7.02. The van der Waals surface area contributed by atoms with Crippen molar-refractivity contribution in [1.82, 2.24) is 25.3 Å². The van der Waals surface area contributed by atoms with E-state index in [-0.39, 0.29) is 0 Å². The molecule has 1 N–H and O–H groups in total. The molecule has 6 rings (SSSR count). The molecule has 200 valence electrons. The van der Waals surface area contributed by atoms with E-state index in [2.05, 4.69) is 41.2 Å². The maximum absolute atomic E-state index is 13.1. The van der Waals surface area contributed by atoms with Crippen molar-refractivity contribution in [3.63, 3.8) is 0 Å². The molecule has 2 aromatic heterocycles. The first-order valence-corrected chi connectivity index (χ1v) is 14.2. The quantitative estimate of drug-likeness (QED) is 0.651. The maximum atomic E-state index is 13.1. The van der Waals surface area contributed by atoms with Crippen LogP contribution in [0.4, 0.5) is 5.82 Å². The maximum Gasteiger partial charge on any atom is 0.219 e. The lowest BCUT2D eigenvalue weighted by atomic mass is 9.64. The van der Waals surface area contributed by atoms with Crippen LogP contribution in [0.1, 0.15) is 76.5 Å². The van der Waals surface area contributed by atoms with E-state index < -0.39 is 5.41 Å². The number of anilines is 1. The number of ether oxygens (including phenoxy) is 1. The first-order valence-electron chi connectivity index (χ1n) is 14.2. The standard InChI is InChI=1S/C28H40N6O3/c1-18-15-34(16-19(2)29-18)23-14-24(36-17-20-8-7-13-33(20)3)31-27(30-23)25-21-9-6-12-28(26(21)32-37-25)11-5-4-10-22(28)35/h14,18-20,29H,4-13,15-17H2,1-3H3/t18-,19-,20-,28+/m0/s1. The Labute approximate surface area is 219 Å². The molecule has 0 radical (unpaired) electrons. The first kappa shape index (κ1) is 24.8. The highest BCUT2D eigenvalue weighted by Gasteiger charge is 2.48. The molecule has 4 heterocycles. The number of carbonyl (C=O) groups excluding carboxylic acids is 1. The van der Waals surface area contributed by atoms with Gasteiger partial charge in [0.15, 0.2) is 0 Å². The molecular weight excluding hydrogens is 468 g/mol. The SMILES string of the molecule is C[C@H]1CN(c2cc(OC[C@@H]3CCCN3C)nc(-c3onc4c3CCC[C@@]43CCCCC3=O)n2)C[C@H](C)N1. The fraction of sp³-hybridized carbons (Fsp3) is 0.714. The number of hydrogen-bond acceptors (Lipinski definition) is 9. The summed E-state index contributed by atoms with van der Waals surface area (Å²) in [4.78, 5) is 27.7. The Morgan fingerprint density at radius 3 is 2.68 bits per heavy atom. The van der Waals surface area contributed by atoms with Gasteiger partial charge in [-0.3, -0.25) is 4.79 Å². The van der Waals surface area contributed by atoms with Crippen LogP contribution in [0.5, 0.6) is 5.88 Å². The minimum atomic E-state index is -0.485. The van der Waals surface area contributed by atoms with Crippen LogP contribution >= 0.6 is 0 Å². The first-order chi connectivity index (χ1) is 17.9. The van der Waals surface area contributed by atoms with Crippen molar-refractivity contribution in [3.8, 4) is 17.5 Å². The van der Waals surface area contributed by atoms with E-state index in [0.717, 1.165) is 81.7 Å². The summed E-state index contributed by atoms with van der Waals surface area (Å²) in [5, 5.41) is 8.13. The van der Waals surface area contributed by atoms with Crippen molar-refractivity contribution in [2.45, 2.75) is 95.2 Å². The molecule has 2 aliphatic heterocycles. The van der Waals surface area contributed by atoms with Gasteiger partial charge in [-0.05, 0) is 72.4 Å². The summed E-state index contributed by atoms with van der Waals surface area (Å²) >= 11 is 0. The Bertz CT molecular complexity index is 1140. The van der Waals surface area contributed by atoms with E-state index in [1.165, 1.54) is 6.42 Å². The number of likely N-dealkylation sites (N-methyl/N-ethyl adjacent to an activating group) is 1. The predicted octanol–water partition coefficient (Wildman–Crippen LogP) is 3.51. The third-order valence-corrected chi connectivity index (χ3v) is 8.93. The Morgan fingerprint density at radius 1 is 1.11 bits per heavy atom. The lowest BCUT2D eigenvalue weighted by Crippen LogP contribution is -2.54. The molecular formula is C28H40N6O3. The summed E-state index contributed by atoms with van der Waals surface area (Å²) in [6.07, 6.45) is 8.54. The molecule has 1 spiro atoms. The van der Waals surface area contributed by atoms with Crippen LogP contribution in [-0.4, -0.2) is 77.2 Å². The number of nitrogens with one attached hydrogen (secondary N) is 1. The van der Waals surface area contributed by atoms with Crippen molar-refractivity contribution in [2.75, 3.05) is 38.2 Å². The Balaban J connectivity index is 1.37. The molecule has 2 aliphatic carbocycles. The van der Waals surface area contributed by atoms with Gasteiger partial charge in [0.2, 0.25) is 17.5 Å². The molecule has 37 heavy (non-hydrogen) atoms. The average molecular weight is 509 g/mol. The summed E-state index contributed by atoms with van der Waals surface area (Å²) in [6, 6.07) is 3.08. The lowest BCUT2D eigenvalue weighted by molar-refractivity contribution is -0.127. The number of fused-ring (bicyclic) bond motifs is 2. The number of piperazine rings is 1. The number of likely N-dealkylation sites (tertiary alicyclic amines) is 1. The number of rotatable bonds is 5. The zero-order valence-electron chi connectivity index (χ0n) is 22.5. The molecule has 9 nitrogen and oxygen atoms in total. The zero-order chi connectivity index (χ0) is 25.6. The highest BCUT2D eigenvalue weighted by atomic mass is 16.5. The Morgan fingerprint density at radius 2 is 1.92 bits per heavy atom. The number of aromatic nitrogens is 3. The monoisotopic (exact) mass is 508 g/mol. The third-order valence-electron chi connectivity index (χ3n) is 8.93. The normalized spacial score (nSPS) is 30.6. The van der Waals surface area contributed by atoms with Gasteiger partial charge < -0.3 is 24.4 Å². The van der Waals surface area contributed by atoms with Gasteiger partial charge in [-0.25, -0.2) is 4.98 Å². The van der Waals surface area contributed by atoms with E-state index in [4.69, 9.17) is 19.2 Å². The van der Waals surface area contributed by atoms with Gasteiger partial charge in [0.1, 0.15) is 23.9 Å². The van der Waals surface area contributed by atoms with Gasteiger partial charge in [-0.2, -0.15) is 4.98 Å². The molecule has 2 saturated heterocycles. The summed E-state index contributed by atoms with van der Waals surface area (Å²) in [6.45, 7) is 7.83. The number of Topliss-reactive ketones (excluding diaryl/α,β-unsaturated/α-hetero) is 1. The van der Waals surface area contributed by atoms with Gasteiger partial charge in [0.05, 0.1) is 5.41 Å².